The van der Waals surface area contributed by atoms with E-state index in [0.29, 0.717) is 11.7 Å². The molecule has 16 heavy (non-hydrogen) atoms. The van der Waals surface area contributed by atoms with E-state index in [1.54, 1.807) is 11.8 Å². The van der Waals surface area contributed by atoms with Gasteiger partial charge in [0.25, 0.3) is 0 Å². The topological polar surface area (TPSA) is 43.4 Å². The van der Waals surface area contributed by atoms with Crippen molar-refractivity contribution in [2.75, 3.05) is 18.6 Å². The normalized spacial score (nSPS) is 12.9. The summed E-state index contributed by atoms with van der Waals surface area (Å²) in [5, 5.41) is 0. The quantitative estimate of drug-likeness (QED) is 0.511. The Kier molecular flexibility index (Phi) is 7.47. The largest absolute Gasteiger partial charge is 0.468 e. The molecule has 0 aliphatic carbocycles. The molecule has 0 aliphatic heterocycles. The van der Waals surface area contributed by atoms with Gasteiger partial charge in [0.2, 0.25) is 0 Å². The van der Waals surface area contributed by atoms with E-state index in [9.17, 15) is 9.59 Å². The lowest BCUT2D eigenvalue weighted by atomic mass is 9.92. The van der Waals surface area contributed by atoms with Gasteiger partial charge >= 0.3 is 5.97 Å². The number of hydrogen-bond donors (Lipinski definition) is 0. The molecule has 0 saturated heterocycles. The number of ether oxygens (including phenoxy) is 1. The van der Waals surface area contributed by atoms with Crippen LogP contribution in [0.25, 0.3) is 0 Å². The molecular formula is C12H22O3S. The molecule has 0 radical (unpaired) electrons. The molecule has 0 saturated carbocycles. The fraction of sp³-hybridized carbons (Fsp3) is 0.833. The van der Waals surface area contributed by atoms with E-state index in [-0.39, 0.29) is 11.7 Å². The fourth-order valence-corrected chi connectivity index (χ4v) is 2.36. The molecule has 0 aromatic carbocycles. The van der Waals surface area contributed by atoms with E-state index in [2.05, 4.69) is 18.6 Å². The summed E-state index contributed by atoms with van der Waals surface area (Å²) in [6.45, 7) is 7.95. The van der Waals surface area contributed by atoms with E-state index >= 15 is 0 Å². The van der Waals surface area contributed by atoms with E-state index in [1.165, 1.54) is 7.11 Å². The Morgan fingerprint density at radius 3 is 2.12 bits per heavy atom. The van der Waals surface area contributed by atoms with Crippen LogP contribution >= 0.6 is 11.8 Å². The number of thioether (sulfide) groups is 1. The highest BCUT2D eigenvalue weighted by atomic mass is 32.2. The number of rotatable bonds is 7. The van der Waals surface area contributed by atoms with Crippen molar-refractivity contribution >= 4 is 23.5 Å². The summed E-state index contributed by atoms with van der Waals surface area (Å²) in [5.74, 6) is 0.865. The van der Waals surface area contributed by atoms with Crippen molar-refractivity contribution in [1.29, 1.82) is 0 Å². The standard InChI is InChI=1S/C12H22O3S/c1-8(2)6-16-7-10(13)11(9(3)4)12(14)15-5/h8-9,11H,6-7H2,1-5H3. The number of ketones is 1. The predicted molar refractivity (Wildman–Crippen MR) is 67.5 cm³/mol. The fourth-order valence-electron chi connectivity index (χ4n) is 1.39. The van der Waals surface area contributed by atoms with Crippen molar-refractivity contribution in [2.45, 2.75) is 27.7 Å². The highest BCUT2D eigenvalue weighted by molar-refractivity contribution is 7.99. The summed E-state index contributed by atoms with van der Waals surface area (Å²) in [5.41, 5.74) is 0. The van der Waals surface area contributed by atoms with E-state index in [4.69, 9.17) is 0 Å². The molecule has 0 fully saturated rings. The van der Waals surface area contributed by atoms with Crippen molar-refractivity contribution in [3.05, 3.63) is 0 Å². The van der Waals surface area contributed by atoms with Gasteiger partial charge in [-0.1, -0.05) is 27.7 Å². The maximum Gasteiger partial charge on any atom is 0.316 e. The van der Waals surface area contributed by atoms with Crippen LogP contribution in [0.15, 0.2) is 0 Å². The summed E-state index contributed by atoms with van der Waals surface area (Å²) < 4.78 is 4.65. The minimum Gasteiger partial charge on any atom is -0.468 e. The van der Waals surface area contributed by atoms with Gasteiger partial charge in [0.1, 0.15) is 5.92 Å². The minimum absolute atomic E-state index is 0.000370. The van der Waals surface area contributed by atoms with Crippen molar-refractivity contribution < 1.29 is 14.3 Å². The summed E-state index contributed by atoms with van der Waals surface area (Å²) in [7, 11) is 1.33. The van der Waals surface area contributed by atoms with Crippen LogP contribution in [0.3, 0.4) is 0 Å². The lowest BCUT2D eigenvalue weighted by Gasteiger charge is -2.16. The van der Waals surface area contributed by atoms with Gasteiger partial charge in [0.05, 0.1) is 12.9 Å². The first-order chi connectivity index (χ1) is 7.40. The first kappa shape index (κ1) is 15.5. The van der Waals surface area contributed by atoms with Crippen LogP contribution in [0.4, 0.5) is 0 Å². The molecule has 0 aromatic rings. The predicted octanol–water partition coefficient (Wildman–Crippen LogP) is 2.39. The summed E-state index contributed by atoms with van der Waals surface area (Å²) in [6, 6.07) is 0. The molecule has 0 aromatic heterocycles. The average molecular weight is 246 g/mol. The summed E-state index contributed by atoms with van der Waals surface area (Å²) in [4.78, 5) is 23.3. The van der Waals surface area contributed by atoms with Crippen molar-refractivity contribution in [3.8, 4) is 0 Å². The van der Waals surface area contributed by atoms with Gasteiger partial charge in [-0.25, -0.2) is 0 Å². The molecule has 3 nitrogen and oxygen atoms in total. The first-order valence-corrected chi connectivity index (χ1v) is 6.73. The molecule has 1 atom stereocenters. The van der Waals surface area contributed by atoms with Gasteiger partial charge < -0.3 is 4.74 Å². The van der Waals surface area contributed by atoms with Gasteiger partial charge in [-0.2, -0.15) is 11.8 Å². The monoisotopic (exact) mass is 246 g/mol. The number of methoxy groups -OCH3 is 1. The Hall–Kier alpha value is -0.510. The van der Waals surface area contributed by atoms with Crippen LogP contribution in [0, 0.1) is 17.8 Å². The maximum atomic E-state index is 11.8. The Morgan fingerprint density at radius 2 is 1.75 bits per heavy atom. The SMILES string of the molecule is COC(=O)C(C(=O)CSCC(C)C)C(C)C. The Labute approximate surface area is 102 Å². The zero-order valence-corrected chi connectivity index (χ0v) is 11.6. The van der Waals surface area contributed by atoms with Crippen LogP contribution in [-0.4, -0.2) is 30.4 Å². The van der Waals surface area contributed by atoms with Crippen molar-refractivity contribution in [3.63, 3.8) is 0 Å². The summed E-state index contributed by atoms with van der Waals surface area (Å²) in [6.07, 6.45) is 0. The molecule has 0 heterocycles. The van der Waals surface area contributed by atoms with E-state index in [0.717, 1.165) is 5.75 Å². The highest BCUT2D eigenvalue weighted by Gasteiger charge is 2.30. The molecule has 94 valence electrons. The first-order valence-electron chi connectivity index (χ1n) is 5.58. The van der Waals surface area contributed by atoms with Crippen LogP contribution in [0.1, 0.15) is 27.7 Å². The summed E-state index contributed by atoms with van der Waals surface area (Å²) >= 11 is 1.59. The van der Waals surface area contributed by atoms with Gasteiger partial charge in [0, 0.05) is 0 Å². The Morgan fingerprint density at radius 1 is 1.19 bits per heavy atom. The van der Waals surface area contributed by atoms with Crippen LogP contribution < -0.4 is 0 Å². The van der Waals surface area contributed by atoms with Gasteiger partial charge in [0.15, 0.2) is 5.78 Å². The second-order valence-corrected chi connectivity index (χ2v) is 5.65. The number of carbonyl (C=O) groups is 2. The zero-order chi connectivity index (χ0) is 12.7. The lowest BCUT2D eigenvalue weighted by molar-refractivity contribution is -0.150. The molecule has 0 spiro atoms. The van der Waals surface area contributed by atoms with E-state index in [1.807, 2.05) is 13.8 Å². The van der Waals surface area contributed by atoms with Crippen LogP contribution in [0.5, 0.6) is 0 Å². The third-order valence-electron chi connectivity index (χ3n) is 2.16. The van der Waals surface area contributed by atoms with Gasteiger partial charge in [-0.15, -0.1) is 0 Å². The molecule has 1 unspecified atom stereocenters. The molecular weight excluding hydrogens is 224 g/mol. The number of Topliss-reactive ketones (excluding diaryl/α,β-unsaturated/α-hetero) is 1. The third kappa shape index (κ3) is 5.54. The highest BCUT2D eigenvalue weighted by Crippen LogP contribution is 2.17. The second-order valence-electron chi connectivity index (χ2n) is 4.62. The molecule has 0 bridgehead atoms. The maximum absolute atomic E-state index is 11.8. The lowest BCUT2D eigenvalue weighted by Crippen LogP contribution is -2.31. The van der Waals surface area contributed by atoms with Gasteiger partial charge in [-0.05, 0) is 17.6 Å². The van der Waals surface area contributed by atoms with Crippen LogP contribution in [-0.2, 0) is 14.3 Å². The smallest absolute Gasteiger partial charge is 0.316 e. The van der Waals surface area contributed by atoms with Crippen molar-refractivity contribution in [2.24, 2.45) is 17.8 Å². The average Bonchev–Trinajstić information content (AvgIpc) is 2.16. The number of hydrogen-bond acceptors (Lipinski definition) is 4. The van der Waals surface area contributed by atoms with Crippen molar-refractivity contribution in [1.82, 2.24) is 0 Å². The Balaban J connectivity index is 4.24. The molecule has 0 rings (SSSR count). The third-order valence-corrected chi connectivity index (χ3v) is 3.56. The second kappa shape index (κ2) is 7.71. The molecule has 0 N–H and O–H groups in total. The van der Waals surface area contributed by atoms with E-state index < -0.39 is 11.9 Å². The van der Waals surface area contributed by atoms with Gasteiger partial charge in [-0.3, -0.25) is 9.59 Å². The number of esters is 1. The molecule has 0 aliphatic rings. The Bertz CT molecular complexity index is 236. The minimum atomic E-state index is -0.607. The zero-order valence-electron chi connectivity index (χ0n) is 10.8. The van der Waals surface area contributed by atoms with Crippen LogP contribution in [0.2, 0.25) is 0 Å². The number of carbonyl (C=O) groups excluding carboxylic acids is 2. The molecule has 0 amide bonds. The molecule has 4 heteroatoms.